The van der Waals surface area contributed by atoms with E-state index in [1.54, 1.807) is 0 Å². The Bertz CT molecular complexity index is 394. The van der Waals surface area contributed by atoms with Crippen molar-refractivity contribution in [3.8, 4) is 11.5 Å². The third kappa shape index (κ3) is 2.88. The molecule has 5 nitrogen and oxygen atoms in total. The van der Waals surface area contributed by atoms with Crippen LogP contribution in [0, 0.1) is 6.92 Å². The minimum atomic E-state index is -0.718. The van der Waals surface area contributed by atoms with Crippen LogP contribution >= 0.6 is 0 Å². The number of fused-ring (bicyclic) bond motifs is 1. The summed E-state index contributed by atoms with van der Waals surface area (Å²) in [5.41, 5.74) is 2.21. The number of rotatable bonds is 5. The summed E-state index contributed by atoms with van der Waals surface area (Å²) in [5.74, 6) is 1.54. The van der Waals surface area contributed by atoms with Crippen LogP contribution in [0.2, 0.25) is 0 Å². The molecule has 1 heterocycles. The highest BCUT2D eigenvalue weighted by atomic mass is 16.7. The normalized spacial score (nSPS) is 15.0. The summed E-state index contributed by atoms with van der Waals surface area (Å²) in [5, 5.41) is 21.0. The number of hydrogen-bond acceptors (Lipinski definition) is 5. The summed E-state index contributed by atoms with van der Waals surface area (Å²) < 4.78 is 10.6. The number of aliphatic hydroxyl groups is 2. The van der Waals surface area contributed by atoms with Gasteiger partial charge in [0, 0.05) is 13.1 Å². The second-order valence-corrected chi connectivity index (χ2v) is 4.10. The van der Waals surface area contributed by atoms with E-state index in [0.717, 1.165) is 22.6 Å². The highest BCUT2D eigenvalue weighted by Gasteiger charge is 2.15. The largest absolute Gasteiger partial charge is 0.454 e. The molecule has 3 N–H and O–H groups in total. The molecule has 1 aromatic carbocycles. The molecule has 1 aromatic rings. The van der Waals surface area contributed by atoms with Gasteiger partial charge in [0.05, 0.1) is 12.7 Å². The molecule has 0 aromatic heterocycles. The maximum atomic E-state index is 9.20. The van der Waals surface area contributed by atoms with Gasteiger partial charge in [0.25, 0.3) is 0 Å². The van der Waals surface area contributed by atoms with Crippen LogP contribution in [-0.2, 0) is 6.54 Å². The second kappa shape index (κ2) is 5.35. The van der Waals surface area contributed by atoms with Crippen molar-refractivity contribution in [2.45, 2.75) is 19.6 Å². The first-order valence-electron chi connectivity index (χ1n) is 5.59. The Morgan fingerprint density at radius 1 is 1.35 bits per heavy atom. The molecule has 0 amide bonds. The first kappa shape index (κ1) is 12.2. The molecule has 0 fully saturated rings. The maximum absolute atomic E-state index is 9.20. The van der Waals surface area contributed by atoms with Crippen LogP contribution in [0.15, 0.2) is 12.1 Å². The van der Waals surface area contributed by atoms with Crippen molar-refractivity contribution in [1.29, 1.82) is 0 Å². The topological polar surface area (TPSA) is 71.0 Å². The number of aliphatic hydroxyl groups excluding tert-OH is 2. The van der Waals surface area contributed by atoms with Crippen LogP contribution in [-0.4, -0.2) is 36.3 Å². The fourth-order valence-electron chi connectivity index (χ4n) is 1.71. The Hall–Kier alpha value is -1.30. The lowest BCUT2D eigenvalue weighted by molar-refractivity contribution is 0.0942. The van der Waals surface area contributed by atoms with E-state index in [-0.39, 0.29) is 13.4 Å². The van der Waals surface area contributed by atoms with Gasteiger partial charge in [-0.1, -0.05) is 0 Å². The fraction of sp³-hybridized carbons (Fsp3) is 0.500. The second-order valence-electron chi connectivity index (χ2n) is 4.10. The zero-order chi connectivity index (χ0) is 12.3. The Morgan fingerprint density at radius 3 is 2.76 bits per heavy atom. The molecular formula is C12H17NO4. The van der Waals surface area contributed by atoms with E-state index < -0.39 is 6.10 Å². The van der Waals surface area contributed by atoms with Crippen molar-refractivity contribution in [2.75, 3.05) is 19.9 Å². The lowest BCUT2D eigenvalue weighted by Gasteiger charge is -2.11. The number of aryl methyl sites for hydroxylation is 1. The van der Waals surface area contributed by atoms with Crippen molar-refractivity contribution < 1.29 is 19.7 Å². The molecule has 0 aliphatic carbocycles. The van der Waals surface area contributed by atoms with Crippen molar-refractivity contribution in [1.82, 2.24) is 5.32 Å². The van der Waals surface area contributed by atoms with E-state index in [4.69, 9.17) is 14.6 Å². The number of nitrogens with one attached hydrogen (secondary N) is 1. The molecule has 94 valence electrons. The molecule has 0 saturated heterocycles. The highest BCUT2D eigenvalue weighted by Crippen LogP contribution is 2.34. The number of hydrogen-bond donors (Lipinski definition) is 3. The summed E-state index contributed by atoms with van der Waals surface area (Å²) >= 11 is 0. The average Bonchev–Trinajstić information content (AvgIpc) is 2.76. The van der Waals surface area contributed by atoms with Gasteiger partial charge in [-0.3, -0.25) is 0 Å². The van der Waals surface area contributed by atoms with E-state index >= 15 is 0 Å². The van der Waals surface area contributed by atoms with Crippen LogP contribution in [0.1, 0.15) is 11.1 Å². The van der Waals surface area contributed by atoms with Crippen LogP contribution in [0.4, 0.5) is 0 Å². The van der Waals surface area contributed by atoms with Gasteiger partial charge in [0.2, 0.25) is 6.79 Å². The fourth-order valence-corrected chi connectivity index (χ4v) is 1.71. The smallest absolute Gasteiger partial charge is 0.231 e. The van der Waals surface area contributed by atoms with E-state index in [1.807, 2.05) is 19.1 Å². The van der Waals surface area contributed by atoms with Gasteiger partial charge in [-0.2, -0.15) is 0 Å². The van der Waals surface area contributed by atoms with Crippen molar-refractivity contribution in [3.05, 3.63) is 23.3 Å². The molecule has 0 bridgehead atoms. The van der Waals surface area contributed by atoms with Gasteiger partial charge in [0.1, 0.15) is 0 Å². The Labute approximate surface area is 100.0 Å². The Kier molecular flexibility index (Phi) is 3.83. The van der Waals surface area contributed by atoms with Crippen LogP contribution in [0.25, 0.3) is 0 Å². The predicted molar refractivity (Wildman–Crippen MR) is 62.1 cm³/mol. The molecule has 1 atom stereocenters. The molecule has 0 saturated carbocycles. The molecule has 5 heteroatoms. The van der Waals surface area contributed by atoms with Gasteiger partial charge in [-0.25, -0.2) is 0 Å². The molecule has 1 aliphatic rings. The molecule has 1 aliphatic heterocycles. The van der Waals surface area contributed by atoms with Crippen LogP contribution in [0.3, 0.4) is 0 Å². The minimum absolute atomic E-state index is 0.229. The quantitative estimate of drug-likeness (QED) is 0.683. The first-order valence-corrected chi connectivity index (χ1v) is 5.59. The number of benzene rings is 1. The van der Waals surface area contributed by atoms with Gasteiger partial charge in [-0.15, -0.1) is 0 Å². The maximum Gasteiger partial charge on any atom is 0.231 e. The van der Waals surface area contributed by atoms with Gasteiger partial charge in [0.15, 0.2) is 11.5 Å². The average molecular weight is 239 g/mol. The lowest BCUT2D eigenvalue weighted by atomic mass is 10.1. The lowest BCUT2D eigenvalue weighted by Crippen LogP contribution is -2.29. The third-order valence-electron chi connectivity index (χ3n) is 2.74. The van der Waals surface area contributed by atoms with Gasteiger partial charge in [-0.05, 0) is 30.2 Å². The van der Waals surface area contributed by atoms with E-state index in [9.17, 15) is 5.11 Å². The van der Waals surface area contributed by atoms with E-state index in [1.165, 1.54) is 0 Å². The van der Waals surface area contributed by atoms with Crippen molar-refractivity contribution in [2.24, 2.45) is 0 Å². The van der Waals surface area contributed by atoms with Crippen LogP contribution in [0.5, 0.6) is 11.5 Å². The summed E-state index contributed by atoms with van der Waals surface area (Å²) in [6.45, 7) is 3.04. The summed E-state index contributed by atoms with van der Waals surface area (Å²) in [6, 6.07) is 3.89. The number of ether oxygens (including phenoxy) is 2. The molecule has 1 unspecified atom stereocenters. The van der Waals surface area contributed by atoms with Gasteiger partial charge < -0.3 is 25.0 Å². The standard InChI is InChI=1S/C12H17NO4/c1-8-2-11-12(17-7-16-11)3-9(8)4-13-5-10(15)6-14/h2-3,10,13-15H,4-7H2,1H3. The molecule has 0 spiro atoms. The molecule has 0 radical (unpaired) electrons. The van der Waals surface area contributed by atoms with E-state index in [0.29, 0.717) is 13.1 Å². The monoisotopic (exact) mass is 239 g/mol. The summed E-state index contributed by atoms with van der Waals surface area (Å²) in [4.78, 5) is 0. The Balaban J connectivity index is 1.97. The predicted octanol–water partition coefficient (Wildman–Crippen LogP) is 0.167. The third-order valence-corrected chi connectivity index (χ3v) is 2.74. The highest BCUT2D eigenvalue weighted by molar-refractivity contribution is 5.48. The molecule has 17 heavy (non-hydrogen) atoms. The van der Waals surface area contributed by atoms with Crippen molar-refractivity contribution >= 4 is 0 Å². The molecular weight excluding hydrogens is 222 g/mol. The SMILES string of the molecule is Cc1cc2c(cc1CNCC(O)CO)OCO2. The van der Waals surface area contributed by atoms with Crippen LogP contribution < -0.4 is 14.8 Å². The van der Waals surface area contributed by atoms with E-state index in [2.05, 4.69) is 5.32 Å². The first-order chi connectivity index (χ1) is 8.20. The zero-order valence-corrected chi connectivity index (χ0v) is 9.77. The van der Waals surface area contributed by atoms with Crippen molar-refractivity contribution in [3.63, 3.8) is 0 Å². The molecule has 2 rings (SSSR count). The summed E-state index contributed by atoms with van der Waals surface area (Å²) in [6.07, 6.45) is -0.718. The zero-order valence-electron chi connectivity index (χ0n) is 9.77. The summed E-state index contributed by atoms with van der Waals surface area (Å²) in [7, 11) is 0. The Morgan fingerprint density at radius 2 is 2.06 bits per heavy atom. The van der Waals surface area contributed by atoms with Gasteiger partial charge >= 0.3 is 0 Å². The minimum Gasteiger partial charge on any atom is -0.454 e.